The summed E-state index contributed by atoms with van der Waals surface area (Å²) in [6.45, 7) is 3.56. The molecule has 0 amide bonds. The highest BCUT2D eigenvalue weighted by molar-refractivity contribution is 7.90. The summed E-state index contributed by atoms with van der Waals surface area (Å²) in [5.74, 6) is -1.46. The van der Waals surface area contributed by atoms with Gasteiger partial charge in [-0.15, -0.1) is 0 Å². The molecule has 1 atom stereocenters. The van der Waals surface area contributed by atoms with Crippen molar-refractivity contribution >= 4 is 33.2 Å². The minimum atomic E-state index is -3.70. The van der Waals surface area contributed by atoms with E-state index in [1.165, 1.54) is 0 Å². The molecule has 1 unspecified atom stereocenters. The monoisotopic (exact) mass is 282 g/mol. The number of carbonyl (C=O) groups is 1. The van der Waals surface area contributed by atoms with Gasteiger partial charge in [0.2, 0.25) is 10.0 Å². The molecular formula is C9H18N2O4S2. The Morgan fingerprint density at radius 3 is 2.47 bits per heavy atom. The zero-order chi connectivity index (χ0) is 13.5. The van der Waals surface area contributed by atoms with Crippen LogP contribution in [0.15, 0.2) is 0 Å². The molecule has 0 heterocycles. The molecule has 0 saturated carbocycles. The van der Waals surface area contributed by atoms with Crippen LogP contribution in [0.4, 0.5) is 0 Å². The minimum absolute atomic E-state index is 0.151. The van der Waals surface area contributed by atoms with Crippen molar-refractivity contribution in [2.75, 3.05) is 12.4 Å². The van der Waals surface area contributed by atoms with Gasteiger partial charge in [-0.2, -0.15) is 0 Å². The lowest BCUT2D eigenvalue weighted by Crippen LogP contribution is -2.40. The van der Waals surface area contributed by atoms with Gasteiger partial charge >= 0.3 is 5.97 Å². The maximum atomic E-state index is 11.6. The molecule has 0 aromatic carbocycles. The van der Waals surface area contributed by atoms with Gasteiger partial charge in [0, 0.05) is 12.5 Å². The van der Waals surface area contributed by atoms with Gasteiger partial charge < -0.3 is 10.5 Å². The smallest absolute Gasteiger partial charge is 0.322 e. The Kier molecular flexibility index (Phi) is 7.24. The van der Waals surface area contributed by atoms with E-state index >= 15 is 0 Å². The molecule has 0 spiro atoms. The van der Waals surface area contributed by atoms with Crippen LogP contribution < -0.4 is 10.5 Å². The fourth-order valence-corrected chi connectivity index (χ4v) is 2.60. The van der Waals surface area contributed by atoms with E-state index in [2.05, 4.69) is 9.46 Å². The maximum absolute atomic E-state index is 11.6. The highest BCUT2D eigenvalue weighted by atomic mass is 32.2. The predicted molar refractivity (Wildman–Crippen MR) is 69.0 cm³/mol. The van der Waals surface area contributed by atoms with E-state index < -0.39 is 21.7 Å². The lowest BCUT2D eigenvalue weighted by molar-refractivity contribution is -0.139. The molecule has 0 aromatic rings. The first kappa shape index (κ1) is 16.3. The van der Waals surface area contributed by atoms with Gasteiger partial charge in [0.15, 0.2) is 5.75 Å². The van der Waals surface area contributed by atoms with Crippen LogP contribution in [0.1, 0.15) is 26.7 Å². The van der Waals surface area contributed by atoms with Crippen LogP contribution in [0.3, 0.4) is 0 Å². The van der Waals surface area contributed by atoms with Gasteiger partial charge in [-0.1, -0.05) is 19.1 Å². The predicted octanol–water partition coefficient (Wildman–Crippen LogP) is -0.0763. The molecule has 0 radical (unpaired) electrons. The zero-order valence-corrected chi connectivity index (χ0v) is 11.6. The molecule has 0 aliphatic rings. The van der Waals surface area contributed by atoms with Crippen molar-refractivity contribution in [3.05, 3.63) is 0 Å². The Balaban J connectivity index is 4.41. The summed E-state index contributed by atoms with van der Waals surface area (Å²) in [4.78, 5) is 11.3. The second-order valence-electron chi connectivity index (χ2n) is 3.46. The summed E-state index contributed by atoms with van der Waals surface area (Å²) in [6, 6.07) is -0.382. The third kappa shape index (κ3) is 8.06. The van der Waals surface area contributed by atoms with Gasteiger partial charge in [0.25, 0.3) is 0 Å². The zero-order valence-electron chi connectivity index (χ0n) is 9.93. The number of hydrogen-bond donors (Lipinski definition) is 2. The molecule has 100 valence electrons. The maximum Gasteiger partial charge on any atom is 0.322 e. The summed E-state index contributed by atoms with van der Waals surface area (Å²) >= 11 is 4.71. The number of nitrogens with one attached hydrogen (secondary N) is 1. The first-order valence-electron chi connectivity index (χ1n) is 5.24. The van der Waals surface area contributed by atoms with Crippen LogP contribution in [0, 0.1) is 0 Å². The number of rotatable bonds is 8. The molecule has 0 aliphatic carbocycles. The van der Waals surface area contributed by atoms with Gasteiger partial charge in [0.05, 0.1) is 11.6 Å². The van der Waals surface area contributed by atoms with Gasteiger partial charge in [-0.25, -0.2) is 13.1 Å². The van der Waals surface area contributed by atoms with Crippen molar-refractivity contribution in [1.82, 2.24) is 4.72 Å². The van der Waals surface area contributed by atoms with E-state index in [-0.39, 0.29) is 24.1 Å². The molecular weight excluding hydrogens is 264 g/mol. The van der Waals surface area contributed by atoms with E-state index in [0.29, 0.717) is 6.42 Å². The SMILES string of the molecule is CCOC(=O)CS(=O)(=O)NC(CC)CC(N)=S. The van der Waals surface area contributed by atoms with E-state index in [0.717, 1.165) is 0 Å². The highest BCUT2D eigenvalue weighted by Gasteiger charge is 2.21. The van der Waals surface area contributed by atoms with Crippen molar-refractivity contribution in [2.24, 2.45) is 5.73 Å². The van der Waals surface area contributed by atoms with Crippen molar-refractivity contribution < 1.29 is 17.9 Å². The second-order valence-corrected chi connectivity index (χ2v) is 5.74. The molecule has 8 heteroatoms. The van der Waals surface area contributed by atoms with Gasteiger partial charge in [-0.05, 0) is 13.3 Å². The van der Waals surface area contributed by atoms with Gasteiger partial charge in [0.1, 0.15) is 0 Å². The molecule has 3 N–H and O–H groups in total. The van der Waals surface area contributed by atoms with Crippen LogP contribution in [-0.2, 0) is 19.6 Å². The van der Waals surface area contributed by atoms with Crippen LogP contribution in [0.25, 0.3) is 0 Å². The molecule has 0 fully saturated rings. The Labute approximate surface area is 107 Å². The number of sulfonamides is 1. The average molecular weight is 282 g/mol. The Morgan fingerprint density at radius 1 is 1.47 bits per heavy atom. The highest BCUT2D eigenvalue weighted by Crippen LogP contribution is 2.01. The standard InChI is InChI=1S/C9H18N2O4S2/c1-3-7(5-8(10)16)11-17(13,14)6-9(12)15-4-2/h7,11H,3-6H2,1-2H3,(H2,10,16). The van der Waals surface area contributed by atoms with E-state index in [9.17, 15) is 13.2 Å². The third-order valence-corrected chi connectivity index (χ3v) is 3.37. The first-order valence-corrected chi connectivity index (χ1v) is 7.30. The second kappa shape index (κ2) is 7.57. The Bertz CT molecular complexity index is 367. The van der Waals surface area contributed by atoms with Crippen molar-refractivity contribution in [3.63, 3.8) is 0 Å². The molecule has 0 rings (SSSR count). The Hall–Kier alpha value is -0.730. The van der Waals surface area contributed by atoms with Crippen LogP contribution in [0.5, 0.6) is 0 Å². The summed E-state index contributed by atoms with van der Waals surface area (Å²) in [5, 5.41) is 0. The normalized spacial score (nSPS) is 13.1. The van der Waals surface area contributed by atoms with Crippen molar-refractivity contribution in [3.8, 4) is 0 Å². The third-order valence-electron chi connectivity index (χ3n) is 1.90. The molecule has 6 nitrogen and oxygen atoms in total. The summed E-state index contributed by atoms with van der Waals surface area (Å²) in [6.07, 6.45) is 0.813. The van der Waals surface area contributed by atoms with Crippen LogP contribution in [0.2, 0.25) is 0 Å². The number of nitrogens with two attached hydrogens (primary N) is 1. The number of hydrogen-bond acceptors (Lipinski definition) is 5. The topological polar surface area (TPSA) is 98.5 Å². The van der Waals surface area contributed by atoms with Crippen LogP contribution >= 0.6 is 12.2 Å². The van der Waals surface area contributed by atoms with Crippen LogP contribution in [-0.4, -0.2) is 37.8 Å². The largest absolute Gasteiger partial charge is 0.465 e. The summed E-state index contributed by atoms with van der Waals surface area (Å²) < 4.78 is 30.1. The molecule has 0 saturated heterocycles. The lowest BCUT2D eigenvalue weighted by atomic mass is 10.2. The fourth-order valence-electron chi connectivity index (χ4n) is 1.17. The van der Waals surface area contributed by atoms with E-state index in [1.807, 2.05) is 0 Å². The molecule has 0 aromatic heterocycles. The molecule has 17 heavy (non-hydrogen) atoms. The number of thiocarbonyl (C=S) groups is 1. The quantitative estimate of drug-likeness (QED) is 0.477. The van der Waals surface area contributed by atoms with E-state index in [1.54, 1.807) is 13.8 Å². The summed E-state index contributed by atoms with van der Waals surface area (Å²) in [5.41, 5.74) is 5.34. The van der Waals surface area contributed by atoms with E-state index in [4.69, 9.17) is 18.0 Å². The van der Waals surface area contributed by atoms with Crippen molar-refractivity contribution in [1.29, 1.82) is 0 Å². The first-order chi connectivity index (χ1) is 7.80. The molecule has 0 bridgehead atoms. The number of carbonyl (C=O) groups excluding carboxylic acids is 1. The average Bonchev–Trinajstić information content (AvgIpc) is 2.14. The lowest BCUT2D eigenvalue weighted by Gasteiger charge is -2.15. The van der Waals surface area contributed by atoms with Gasteiger partial charge in [-0.3, -0.25) is 4.79 Å². The number of ether oxygens (including phenoxy) is 1. The molecule has 0 aliphatic heterocycles. The summed E-state index contributed by atoms with van der Waals surface area (Å²) in [7, 11) is -3.70. The van der Waals surface area contributed by atoms with Crippen molar-refractivity contribution in [2.45, 2.75) is 32.7 Å². The minimum Gasteiger partial charge on any atom is -0.465 e. The fraction of sp³-hybridized carbons (Fsp3) is 0.778. The number of esters is 1. The Morgan fingerprint density at radius 2 is 2.06 bits per heavy atom.